The highest BCUT2D eigenvalue weighted by Gasteiger charge is 1.92. The van der Waals surface area contributed by atoms with E-state index in [9.17, 15) is 9.59 Å². The number of hydrogen-bond acceptors (Lipinski definition) is 2. The second kappa shape index (κ2) is 5.46. The van der Waals surface area contributed by atoms with Crippen molar-refractivity contribution < 1.29 is 9.59 Å². The topological polar surface area (TPSA) is 58.2 Å². The molecule has 4 heteroatoms. The fraction of sp³-hybridized carbons (Fsp3) is 0.429. The summed E-state index contributed by atoms with van der Waals surface area (Å²) in [5.74, 6) is -0.326. The van der Waals surface area contributed by atoms with Gasteiger partial charge in [0.25, 0.3) is 0 Å². The molecule has 0 fully saturated rings. The van der Waals surface area contributed by atoms with Gasteiger partial charge in [0.1, 0.15) is 0 Å². The van der Waals surface area contributed by atoms with E-state index in [4.69, 9.17) is 0 Å². The highest BCUT2D eigenvalue weighted by Crippen LogP contribution is 1.65. The Balaban J connectivity index is 3.21. The molecule has 4 nitrogen and oxygen atoms in total. The van der Waals surface area contributed by atoms with E-state index in [1.54, 1.807) is 0 Å². The monoisotopic (exact) mass is 156 g/mol. The van der Waals surface area contributed by atoms with Crippen LogP contribution in [0.4, 0.5) is 0 Å². The number of amides is 2. The summed E-state index contributed by atoms with van der Waals surface area (Å²) >= 11 is 0. The highest BCUT2D eigenvalue weighted by atomic mass is 16.2. The molecule has 62 valence electrons. The van der Waals surface area contributed by atoms with Crippen molar-refractivity contribution in [3.8, 4) is 0 Å². The van der Waals surface area contributed by atoms with Crippen molar-refractivity contribution in [1.82, 2.24) is 10.6 Å². The molecule has 0 unspecified atom stereocenters. The third-order valence-electron chi connectivity index (χ3n) is 0.984. The first-order valence-corrected chi connectivity index (χ1v) is 3.31. The molecule has 0 saturated heterocycles. The van der Waals surface area contributed by atoms with Gasteiger partial charge >= 0.3 is 0 Å². The molecule has 0 heterocycles. The van der Waals surface area contributed by atoms with Crippen LogP contribution in [0.5, 0.6) is 0 Å². The van der Waals surface area contributed by atoms with Crippen molar-refractivity contribution in [2.24, 2.45) is 0 Å². The normalized spacial score (nSPS) is 8.45. The number of carbonyl (C=O) groups excluding carboxylic acids is 2. The molecule has 0 aliphatic carbocycles. The van der Waals surface area contributed by atoms with Gasteiger partial charge in [-0.05, 0) is 6.08 Å². The molecule has 0 aromatic heterocycles. The van der Waals surface area contributed by atoms with Gasteiger partial charge in [-0.3, -0.25) is 9.59 Å². The maximum absolute atomic E-state index is 10.5. The van der Waals surface area contributed by atoms with E-state index >= 15 is 0 Å². The van der Waals surface area contributed by atoms with E-state index in [2.05, 4.69) is 17.2 Å². The average Bonchev–Trinajstić information content (AvgIpc) is 1.97. The fourth-order valence-electron chi connectivity index (χ4n) is 0.496. The van der Waals surface area contributed by atoms with Crippen LogP contribution in [0.2, 0.25) is 0 Å². The Labute approximate surface area is 65.7 Å². The lowest BCUT2D eigenvalue weighted by Gasteiger charge is -2.01. The van der Waals surface area contributed by atoms with Gasteiger partial charge in [0.05, 0.1) is 0 Å². The van der Waals surface area contributed by atoms with Crippen molar-refractivity contribution in [2.75, 3.05) is 13.1 Å². The number of rotatable bonds is 4. The van der Waals surface area contributed by atoms with Gasteiger partial charge in [0, 0.05) is 20.0 Å². The number of nitrogens with one attached hydrogen (secondary N) is 2. The minimum atomic E-state index is -0.227. The second-order valence-electron chi connectivity index (χ2n) is 1.98. The van der Waals surface area contributed by atoms with Gasteiger partial charge in [-0.15, -0.1) is 0 Å². The zero-order valence-corrected chi connectivity index (χ0v) is 6.52. The lowest BCUT2D eigenvalue weighted by molar-refractivity contribution is -0.119. The largest absolute Gasteiger partial charge is 0.355 e. The van der Waals surface area contributed by atoms with Gasteiger partial charge in [-0.2, -0.15) is 0 Å². The molecule has 2 N–H and O–H groups in total. The summed E-state index contributed by atoms with van der Waals surface area (Å²) in [6, 6.07) is 0. The van der Waals surface area contributed by atoms with Crippen LogP contribution in [0.25, 0.3) is 0 Å². The fourth-order valence-corrected chi connectivity index (χ4v) is 0.496. The molecule has 0 aromatic rings. The van der Waals surface area contributed by atoms with Crippen LogP contribution >= 0.6 is 0 Å². The van der Waals surface area contributed by atoms with Crippen LogP contribution in [-0.4, -0.2) is 24.9 Å². The molecule has 0 rings (SSSR count). The third kappa shape index (κ3) is 6.57. The maximum Gasteiger partial charge on any atom is 0.243 e. The van der Waals surface area contributed by atoms with Crippen molar-refractivity contribution in [3.05, 3.63) is 12.7 Å². The molecule has 0 aliphatic heterocycles. The Morgan fingerprint density at radius 2 is 1.91 bits per heavy atom. The molecular weight excluding hydrogens is 144 g/mol. The van der Waals surface area contributed by atoms with Crippen LogP contribution in [-0.2, 0) is 9.59 Å². The lowest BCUT2D eigenvalue weighted by atomic mass is 10.5. The quantitative estimate of drug-likeness (QED) is 0.423. The third-order valence-corrected chi connectivity index (χ3v) is 0.984. The Kier molecular flexibility index (Phi) is 4.81. The molecule has 0 radical (unpaired) electrons. The SMILES string of the molecule is C=CC(=O)NCCNC(C)=O. The zero-order valence-electron chi connectivity index (χ0n) is 6.52. The molecule has 0 atom stereocenters. The van der Waals surface area contributed by atoms with E-state index in [1.807, 2.05) is 0 Å². The predicted octanol–water partition coefficient (Wildman–Crippen LogP) is -0.575. The summed E-state index contributed by atoms with van der Waals surface area (Å²) in [7, 11) is 0. The standard InChI is InChI=1S/C7H12N2O2/c1-3-7(11)9-5-4-8-6(2)10/h3H,1,4-5H2,2H3,(H,8,10)(H,9,11). The first kappa shape index (κ1) is 9.68. The molecule has 2 amide bonds. The molecule has 0 bridgehead atoms. The Hall–Kier alpha value is -1.32. The molecule has 0 aliphatic rings. The van der Waals surface area contributed by atoms with Crippen LogP contribution in [0.15, 0.2) is 12.7 Å². The van der Waals surface area contributed by atoms with Crippen molar-refractivity contribution in [2.45, 2.75) is 6.92 Å². The van der Waals surface area contributed by atoms with E-state index < -0.39 is 0 Å². The first-order valence-electron chi connectivity index (χ1n) is 3.31. The maximum atomic E-state index is 10.5. The van der Waals surface area contributed by atoms with Crippen LogP contribution in [0, 0.1) is 0 Å². The molecular formula is C7H12N2O2. The van der Waals surface area contributed by atoms with E-state index in [1.165, 1.54) is 13.0 Å². The first-order chi connectivity index (χ1) is 5.16. The van der Waals surface area contributed by atoms with Crippen molar-refractivity contribution >= 4 is 11.8 Å². The minimum Gasteiger partial charge on any atom is -0.355 e. The summed E-state index contributed by atoms with van der Waals surface area (Å²) < 4.78 is 0. The molecule has 0 spiro atoms. The highest BCUT2D eigenvalue weighted by molar-refractivity contribution is 5.86. The average molecular weight is 156 g/mol. The zero-order chi connectivity index (χ0) is 8.69. The summed E-state index contributed by atoms with van der Waals surface area (Å²) in [6.07, 6.45) is 1.19. The lowest BCUT2D eigenvalue weighted by Crippen LogP contribution is -2.32. The van der Waals surface area contributed by atoms with Crippen LogP contribution in [0.3, 0.4) is 0 Å². The Morgan fingerprint density at radius 1 is 1.36 bits per heavy atom. The number of hydrogen-bond donors (Lipinski definition) is 2. The summed E-state index contributed by atoms with van der Waals surface area (Å²) in [6.45, 7) is 5.59. The van der Waals surface area contributed by atoms with Gasteiger partial charge in [0.2, 0.25) is 11.8 Å². The Morgan fingerprint density at radius 3 is 2.36 bits per heavy atom. The van der Waals surface area contributed by atoms with Gasteiger partial charge < -0.3 is 10.6 Å². The minimum absolute atomic E-state index is 0.0992. The van der Waals surface area contributed by atoms with Gasteiger partial charge in [-0.1, -0.05) is 6.58 Å². The van der Waals surface area contributed by atoms with Crippen molar-refractivity contribution in [1.29, 1.82) is 0 Å². The smallest absolute Gasteiger partial charge is 0.243 e. The molecule has 0 saturated carbocycles. The van der Waals surface area contributed by atoms with Crippen molar-refractivity contribution in [3.63, 3.8) is 0 Å². The molecule has 11 heavy (non-hydrogen) atoms. The predicted molar refractivity (Wildman–Crippen MR) is 41.9 cm³/mol. The van der Waals surface area contributed by atoms with Crippen LogP contribution in [0.1, 0.15) is 6.92 Å². The Bertz CT molecular complexity index is 166. The van der Waals surface area contributed by atoms with E-state index in [0.717, 1.165) is 0 Å². The molecule has 0 aromatic carbocycles. The summed E-state index contributed by atoms with van der Waals surface area (Å²) in [5, 5.41) is 5.05. The van der Waals surface area contributed by atoms with Gasteiger partial charge in [0.15, 0.2) is 0 Å². The summed E-state index contributed by atoms with van der Waals surface area (Å²) in [5.41, 5.74) is 0. The second-order valence-corrected chi connectivity index (χ2v) is 1.98. The van der Waals surface area contributed by atoms with E-state index in [0.29, 0.717) is 13.1 Å². The number of carbonyl (C=O) groups is 2. The van der Waals surface area contributed by atoms with Gasteiger partial charge in [-0.25, -0.2) is 0 Å². The van der Waals surface area contributed by atoms with Crippen LogP contribution < -0.4 is 10.6 Å². The van der Waals surface area contributed by atoms with E-state index in [-0.39, 0.29) is 11.8 Å². The summed E-state index contributed by atoms with van der Waals surface area (Å²) in [4.78, 5) is 20.8.